The van der Waals surface area contributed by atoms with Gasteiger partial charge >= 0.3 is 0 Å². The number of hydrogen-bond acceptors (Lipinski definition) is 2. The smallest absolute Gasteiger partial charge is 0.165 e. The minimum absolute atomic E-state index is 0.0646. The van der Waals surface area contributed by atoms with Gasteiger partial charge in [-0.15, -0.1) is 0 Å². The average Bonchev–Trinajstić information content (AvgIpc) is 2.57. The van der Waals surface area contributed by atoms with Crippen LogP contribution in [0.15, 0.2) is 12.1 Å². The fourth-order valence-corrected chi connectivity index (χ4v) is 4.81. The van der Waals surface area contributed by atoms with E-state index in [2.05, 4.69) is 20.8 Å². The normalized spacial score (nSPS) is 34.5. The van der Waals surface area contributed by atoms with Crippen molar-refractivity contribution in [2.75, 3.05) is 7.11 Å². The van der Waals surface area contributed by atoms with Crippen LogP contribution < -0.4 is 4.74 Å². The van der Waals surface area contributed by atoms with Crippen LogP contribution in [0.25, 0.3) is 0 Å². The zero-order valence-electron chi connectivity index (χ0n) is 12.7. The maximum atomic E-state index is 14.0. The Balaban J connectivity index is 2.20. The van der Waals surface area contributed by atoms with E-state index < -0.39 is 6.10 Å². The molecule has 1 N–H and O–H groups in total. The largest absolute Gasteiger partial charge is 0.494 e. The van der Waals surface area contributed by atoms with Crippen molar-refractivity contribution in [3.63, 3.8) is 0 Å². The highest BCUT2D eigenvalue weighted by molar-refractivity contribution is 5.48. The predicted octanol–water partition coefficient (Wildman–Crippen LogP) is 3.97. The van der Waals surface area contributed by atoms with E-state index in [1.807, 2.05) is 0 Å². The second kappa shape index (κ2) is 4.20. The van der Waals surface area contributed by atoms with Crippen LogP contribution in [0, 0.1) is 17.2 Å². The molecule has 3 rings (SSSR count). The molecule has 3 atom stereocenters. The van der Waals surface area contributed by atoms with Gasteiger partial charge in [0.25, 0.3) is 0 Å². The van der Waals surface area contributed by atoms with Crippen molar-refractivity contribution in [2.45, 2.75) is 51.6 Å². The Bertz CT molecular complexity index is 552. The van der Waals surface area contributed by atoms with Crippen molar-refractivity contribution in [1.82, 2.24) is 0 Å². The molecule has 20 heavy (non-hydrogen) atoms. The summed E-state index contributed by atoms with van der Waals surface area (Å²) in [5, 5.41) is 10.8. The van der Waals surface area contributed by atoms with Crippen molar-refractivity contribution in [2.24, 2.45) is 11.3 Å². The number of fused-ring (bicyclic) bond motifs is 3. The highest BCUT2D eigenvalue weighted by Gasteiger charge is 2.56. The Morgan fingerprint density at radius 1 is 1.25 bits per heavy atom. The van der Waals surface area contributed by atoms with Gasteiger partial charge in [0, 0.05) is 5.92 Å². The summed E-state index contributed by atoms with van der Waals surface area (Å²) >= 11 is 0. The zero-order valence-corrected chi connectivity index (χ0v) is 12.7. The molecule has 0 radical (unpaired) electrons. The molecular formula is C17H23FO2. The first-order valence-electron chi connectivity index (χ1n) is 7.37. The molecule has 0 bridgehead atoms. The summed E-state index contributed by atoms with van der Waals surface area (Å²) in [6.45, 7) is 6.65. The quantitative estimate of drug-likeness (QED) is 0.842. The van der Waals surface area contributed by atoms with Gasteiger partial charge in [0.15, 0.2) is 11.6 Å². The molecule has 0 saturated heterocycles. The number of benzene rings is 1. The molecule has 0 amide bonds. The van der Waals surface area contributed by atoms with Crippen LogP contribution in [0.1, 0.15) is 57.3 Å². The van der Waals surface area contributed by atoms with E-state index in [-0.39, 0.29) is 28.3 Å². The number of halogens is 1. The number of ether oxygens (including phenoxy) is 1. The van der Waals surface area contributed by atoms with E-state index in [0.29, 0.717) is 0 Å². The van der Waals surface area contributed by atoms with Gasteiger partial charge in [-0.3, -0.25) is 0 Å². The van der Waals surface area contributed by atoms with E-state index in [9.17, 15) is 9.50 Å². The molecule has 1 fully saturated rings. The molecule has 2 aliphatic carbocycles. The van der Waals surface area contributed by atoms with Crippen LogP contribution in [-0.4, -0.2) is 12.2 Å². The van der Waals surface area contributed by atoms with Crippen molar-refractivity contribution in [3.05, 3.63) is 29.1 Å². The summed E-state index contributed by atoms with van der Waals surface area (Å²) in [5.41, 5.74) is 1.80. The lowest BCUT2D eigenvalue weighted by atomic mass is 9.56. The third-order valence-electron chi connectivity index (χ3n) is 5.62. The summed E-state index contributed by atoms with van der Waals surface area (Å²) in [6, 6.07) is 3.27. The Kier molecular flexibility index (Phi) is 2.91. The predicted molar refractivity (Wildman–Crippen MR) is 76.4 cm³/mol. The number of aliphatic hydroxyl groups excluding tert-OH is 1. The summed E-state index contributed by atoms with van der Waals surface area (Å²) in [4.78, 5) is 0. The van der Waals surface area contributed by atoms with Crippen molar-refractivity contribution >= 4 is 0 Å². The van der Waals surface area contributed by atoms with Gasteiger partial charge in [-0.2, -0.15) is 0 Å². The molecule has 2 aliphatic rings. The topological polar surface area (TPSA) is 29.5 Å². The molecule has 1 unspecified atom stereocenters. The lowest BCUT2D eigenvalue weighted by Crippen LogP contribution is -2.43. The first kappa shape index (κ1) is 13.9. The van der Waals surface area contributed by atoms with Gasteiger partial charge in [0.05, 0.1) is 13.2 Å². The number of rotatable bonds is 1. The number of methoxy groups -OCH3 is 1. The van der Waals surface area contributed by atoms with Gasteiger partial charge < -0.3 is 9.84 Å². The Morgan fingerprint density at radius 3 is 2.60 bits per heavy atom. The third-order valence-corrected chi connectivity index (χ3v) is 5.62. The lowest BCUT2D eigenvalue weighted by molar-refractivity contribution is -0.0272. The van der Waals surface area contributed by atoms with Crippen LogP contribution in [0.5, 0.6) is 5.75 Å². The molecule has 3 heteroatoms. The second-order valence-electron chi connectivity index (χ2n) is 7.26. The maximum Gasteiger partial charge on any atom is 0.165 e. The minimum Gasteiger partial charge on any atom is -0.494 e. The molecule has 0 heterocycles. The minimum atomic E-state index is -0.578. The molecule has 1 aromatic carbocycles. The zero-order chi connectivity index (χ0) is 14.7. The first-order valence-corrected chi connectivity index (χ1v) is 7.37. The molecule has 110 valence electrons. The Labute approximate surface area is 120 Å². The molecule has 0 aromatic heterocycles. The van der Waals surface area contributed by atoms with Gasteiger partial charge in [0.2, 0.25) is 0 Å². The molecule has 0 aliphatic heterocycles. The highest BCUT2D eigenvalue weighted by atomic mass is 19.1. The summed E-state index contributed by atoms with van der Waals surface area (Å²) in [6.07, 6.45) is 2.72. The highest BCUT2D eigenvalue weighted by Crippen LogP contribution is 2.62. The molecule has 0 spiro atoms. The molecule has 1 saturated carbocycles. The van der Waals surface area contributed by atoms with Crippen molar-refractivity contribution in [1.29, 1.82) is 0 Å². The number of aliphatic hydroxyl groups is 1. The van der Waals surface area contributed by atoms with Crippen molar-refractivity contribution in [3.8, 4) is 5.75 Å². The van der Waals surface area contributed by atoms with Gasteiger partial charge in [-0.05, 0) is 46.9 Å². The van der Waals surface area contributed by atoms with Gasteiger partial charge in [-0.1, -0.05) is 27.2 Å². The fraction of sp³-hybridized carbons (Fsp3) is 0.647. The van der Waals surface area contributed by atoms with Crippen LogP contribution in [-0.2, 0) is 5.41 Å². The fourth-order valence-electron chi connectivity index (χ4n) is 4.81. The van der Waals surface area contributed by atoms with E-state index in [4.69, 9.17) is 4.74 Å². The summed E-state index contributed by atoms with van der Waals surface area (Å²) in [5.74, 6) is 0.0387. The number of hydrogen-bond donors (Lipinski definition) is 1. The Hall–Kier alpha value is -1.09. The van der Waals surface area contributed by atoms with Gasteiger partial charge in [0.1, 0.15) is 0 Å². The van der Waals surface area contributed by atoms with E-state index in [1.54, 1.807) is 6.07 Å². The van der Waals surface area contributed by atoms with E-state index >= 15 is 0 Å². The average molecular weight is 278 g/mol. The molecule has 2 nitrogen and oxygen atoms in total. The second-order valence-corrected chi connectivity index (χ2v) is 7.26. The summed E-state index contributed by atoms with van der Waals surface area (Å²) in [7, 11) is 1.49. The van der Waals surface area contributed by atoms with Crippen LogP contribution in [0.3, 0.4) is 0 Å². The van der Waals surface area contributed by atoms with E-state index in [0.717, 1.165) is 30.4 Å². The Morgan fingerprint density at radius 2 is 1.95 bits per heavy atom. The molecule has 1 aromatic rings. The van der Waals surface area contributed by atoms with Gasteiger partial charge in [-0.25, -0.2) is 4.39 Å². The van der Waals surface area contributed by atoms with Crippen LogP contribution in [0.4, 0.5) is 4.39 Å². The maximum absolute atomic E-state index is 14.0. The monoisotopic (exact) mass is 278 g/mol. The lowest BCUT2D eigenvalue weighted by Gasteiger charge is -2.48. The summed E-state index contributed by atoms with van der Waals surface area (Å²) < 4.78 is 19.1. The molecular weight excluding hydrogens is 255 g/mol. The SMILES string of the molecule is COc1cc2c(cc1F)[C@H](O)[C@H]1C(C)(C)CCCC21C. The standard InChI is InChI=1S/C17H23FO2/c1-16(2)6-5-7-17(3)11-9-13(20-4)12(18)8-10(11)14(19)15(16)17/h8-9,14-15,19H,5-7H2,1-4H3/t14-,15-,17?/m0/s1. The van der Waals surface area contributed by atoms with Crippen molar-refractivity contribution < 1.29 is 14.2 Å². The van der Waals surface area contributed by atoms with E-state index in [1.165, 1.54) is 13.2 Å². The van der Waals surface area contributed by atoms with Crippen LogP contribution >= 0.6 is 0 Å². The van der Waals surface area contributed by atoms with Crippen LogP contribution in [0.2, 0.25) is 0 Å². The first-order chi connectivity index (χ1) is 9.31. The third kappa shape index (κ3) is 1.65.